The standard InChI is InChI=1S/C34H35N5O4/c1-24-11-9-12-25(21-24)22-30(32(36)40)39(28(23-35)17-10-19-38-20-18-29(37-38)34(42)43-2)33(41)31(26-13-5-3-6-14-26)27-15-7-4-8-16-27/h3-9,11-16,18,20-21,28,30-31H,10,17,19,22H2,1-2H3,(H2,36,40)/t28-,30-/m0/s1. The summed E-state index contributed by atoms with van der Waals surface area (Å²) < 4.78 is 6.31. The van der Waals surface area contributed by atoms with Crippen LogP contribution in [0.25, 0.3) is 0 Å². The number of methoxy groups -OCH3 is 1. The first-order valence-corrected chi connectivity index (χ1v) is 14.1. The van der Waals surface area contributed by atoms with Crippen molar-refractivity contribution in [1.82, 2.24) is 14.7 Å². The quantitative estimate of drug-likeness (QED) is 0.234. The van der Waals surface area contributed by atoms with E-state index in [-0.39, 0.29) is 24.4 Å². The normalized spacial score (nSPS) is 12.2. The molecule has 1 heterocycles. The minimum atomic E-state index is -1.07. The topological polar surface area (TPSA) is 131 Å². The van der Waals surface area contributed by atoms with Crippen molar-refractivity contribution in [3.63, 3.8) is 0 Å². The van der Waals surface area contributed by atoms with Gasteiger partial charge < -0.3 is 15.4 Å². The molecule has 0 saturated heterocycles. The molecular weight excluding hydrogens is 542 g/mol. The van der Waals surface area contributed by atoms with E-state index in [0.717, 1.165) is 22.3 Å². The van der Waals surface area contributed by atoms with E-state index in [4.69, 9.17) is 10.5 Å². The van der Waals surface area contributed by atoms with Crippen LogP contribution in [0.2, 0.25) is 0 Å². The molecule has 2 atom stereocenters. The molecule has 2 N–H and O–H groups in total. The summed E-state index contributed by atoms with van der Waals surface area (Å²) in [5.74, 6) is -2.37. The summed E-state index contributed by atoms with van der Waals surface area (Å²) >= 11 is 0. The SMILES string of the molecule is COC(=O)c1ccn(CCC[C@@H](C#N)N(C(=O)C(c2ccccc2)c2ccccc2)[C@@H](Cc2cccc(C)c2)C(N)=O)n1. The van der Waals surface area contributed by atoms with Crippen LogP contribution >= 0.6 is 0 Å². The number of hydrogen-bond acceptors (Lipinski definition) is 6. The van der Waals surface area contributed by atoms with Gasteiger partial charge in [-0.25, -0.2) is 4.79 Å². The second-order valence-electron chi connectivity index (χ2n) is 10.4. The molecule has 2 amide bonds. The maximum absolute atomic E-state index is 14.7. The van der Waals surface area contributed by atoms with Gasteiger partial charge in [0.2, 0.25) is 11.8 Å². The molecule has 4 aromatic rings. The number of amides is 2. The lowest BCUT2D eigenvalue weighted by Gasteiger charge is -2.36. The van der Waals surface area contributed by atoms with Crippen molar-refractivity contribution >= 4 is 17.8 Å². The van der Waals surface area contributed by atoms with Gasteiger partial charge in [0.1, 0.15) is 12.1 Å². The first-order valence-electron chi connectivity index (χ1n) is 14.1. The van der Waals surface area contributed by atoms with Crippen LogP contribution < -0.4 is 5.73 Å². The zero-order valence-corrected chi connectivity index (χ0v) is 24.3. The molecule has 9 nitrogen and oxygen atoms in total. The second-order valence-corrected chi connectivity index (χ2v) is 10.4. The Hall–Kier alpha value is -5.23. The maximum Gasteiger partial charge on any atom is 0.358 e. The Morgan fingerprint density at radius 2 is 1.63 bits per heavy atom. The van der Waals surface area contributed by atoms with Crippen LogP contribution in [0, 0.1) is 18.3 Å². The molecule has 0 aliphatic heterocycles. The minimum absolute atomic E-state index is 0.166. The number of carbonyl (C=O) groups excluding carboxylic acids is 3. The van der Waals surface area contributed by atoms with Crippen molar-refractivity contribution in [2.24, 2.45) is 5.73 Å². The van der Waals surface area contributed by atoms with Crippen molar-refractivity contribution < 1.29 is 19.1 Å². The number of aromatic nitrogens is 2. The fourth-order valence-electron chi connectivity index (χ4n) is 5.25. The highest BCUT2D eigenvalue weighted by atomic mass is 16.5. The van der Waals surface area contributed by atoms with Gasteiger partial charge in [-0.2, -0.15) is 10.4 Å². The second kappa shape index (κ2) is 14.6. The number of aryl methyl sites for hydroxylation is 2. The molecule has 0 unspecified atom stereocenters. The Morgan fingerprint density at radius 3 is 2.19 bits per heavy atom. The number of primary amides is 1. The van der Waals surface area contributed by atoms with Gasteiger partial charge in [-0.3, -0.25) is 14.3 Å². The van der Waals surface area contributed by atoms with E-state index in [0.29, 0.717) is 13.0 Å². The summed E-state index contributed by atoms with van der Waals surface area (Å²) in [4.78, 5) is 41.0. The molecular formula is C34H35N5O4. The molecule has 9 heteroatoms. The smallest absolute Gasteiger partial charge is 0.358 e. The van der Waals surface area contributed by atoms with Crippen LogP contribution in [-0.2, 0) is 27.3 Å². The van der Waals surface area contributed by atoms with Gasteiger partial charge in [0, 0.05) is 19.2 Å². The number of carbonyl (C=O) groups is 3. The number of nitrogens with zero attached hydrogens (tertiary/aromatic N) is 4. The lowest BCUT2D eigenvalue weighted by Crippen LogP contribution is -2.55. The van der Waals surface area contributed by atoms with Crippen molar-refractivity contribution in [1.29, 1.82) is 5.26 Å². The Labute approximate surface area is 251 Å². The lowest BCUT2D eigenvalue weighted by molar-refractivity contribution is -0.141. The molecule has 0 radical (unpaired) electrons. The molecule has 220 valence electrons. The molecule has 3 aromatic carbocycles. The number of nitriles is 1. The van der Waals surface area contributed by atoms with Crippen molar-refractivity contribution in [2.75, 3.05) is 7.11 Å². The van der Waals surface area contributed by atoms with E-state index in [1.807, 2.05) is 91.9 Å². The molecule has 0 saturated carbocycles. The Bertz CT molecular complexity index is 1540. The first kappa shape index (κ1) is 30.7. The minimum Gasteiger partial charge on any atom is -0.464 e. The monoisotopic (exact) mass is 577 g/mol. The van der Waals surface area contributed by atoms with Crippen LogP contribution in [0.4, 0.5) is 0 Å². The summed E-state index contributed by atoms with van der Waals surface area (Å²) in [5.41, 5.74) is 9.50. The van der Waals surface area contributed by atoms with E-state index in [1.165, 1.54) is 12.0 Å². The largest absolute Gasteiger partial charge is 0.464 e. The molecule has 43 heavy (non-hydrogen) atoms. The zero-order chi connectivity index (χ0) is 30.8. The van der Waals surface area contributed by atoms with Gasteiger partial charge in [-0.05, 0) is 42.5 Å². The summed E-state index contributed by atoms with van der Waals surface area (Å²) in [5, 5.41) is 14.7. The van der Waals surface area contributed by atoms with Crippen LogP contribution in [-0.4, -0.2) is 51.7 Å². The summed E-state index contributed by atoms with van der Waals surface area (Å²) in [7, 11) is 1.29. The number of ether oxygens (including phenoxy) is 1. The van der Waals surface area contributed by atoms with Crippen LogP contribution in [0.3, 0.4) is 0 Å². The van der Waals surface area contributed by atoms with E-state index in [2.05, 4.69) is 11.2 Å². The van der Waals surface area contributed by atoms with Gasteiger partial charge in [-0.1, -0.05) is 90.5 Å². The number of benzene rings is 3. The van der Waals surface area contributed by atoms with E-state index in [1.54, 1.807) is 16.9 Å². The molecule has 0 fully saturated rings. The predicted octanol–water partition coefficient (Wildman–Crippen LogP) is 4.41. The number of rotatable bonds is 13. The first-order chi connectivity index (χ1) is 20.8. The highest BCUT2D eigenvalue weighted by Crippen LogP contribution is 2.30. The molecule has 0 spiro atoms. The molecule has 0 aliphatic carbocycles. The van der Waals surface area contributed by atoms with Gasteiger partial charge >= 0.3 is 5.97 Å². The summed E-state index contributed by atoms with van der Waals surface area (Å²) in [6.07, 6.45) is 2.52. The fourth-order valence-corrected chi connectivity index (χ4v) is 5.25. The third kappa shape index (κ3) is 7.74. The van der Waals surface area contributed by atoms with Crippen molar-refractivity contribution in [3.8, 4) is 6.07 Å². The average Bonchev–Trinajstić information content (AvgIpc) is 3.49. The van der Waals surface area contributed by atoms with Crippen molar-refractivity contribution in [3.05, 3.63) is 125 Å². The molecule has 0 aliphatic rings. The number of esters is 1. The fraction of sp³-hybridized carbons (Fsp3) is 0.265. The van der Waals surface area contributed by atoms with E-state index >= 15 is 0 Å². The number of hydrogen-bond donors (Lipinski definition) is 1. The molecule has 0 bridgehead atoms. The Kier molecular flexibility index (Phi) is 10.4. The highest BCUT2D eigenvalue weighted by Gasteiger charge is 2.39. The van der Waals surface area contributed by atoms with Crippen molar-refractivity contribution in [2.45, 2.75) is 50.7 Å². The predicted molar refractivity (Wildman–Crippen MR) is 162 cm³/mol. The maximum atomic E-state index is 14.7. The van der Waals surface area contributed by atoms with E-state index in [9.17, 15) is 19.6 Å². The Morgan fingerprint density at radius 1 is 0.977 bits per heavy atom. The van der Waals surface area contributed by atoms with Gasteiger partial charge in [0.05, 0.1) is 19.1 Å². The summed E-state index contributed by atoms with van der Waals surface area (Å²) in [6.45, 7) is 2.34. The van der Waals surface area contributed by atoms with E-state index < -0.39 is 29.9 Å². The Balaban J connectivity index is 1.71. The molecule has 1 aromatic heterocycles. The third-order valence-electron chi connectivity index (χ3n) is 7.33. The third-order valence-corrected chi connectivity index (χ3v) is 7.33. The zero-order valence-electron chi connectivity index (χ0n) is 24.3. The van der Waals surface area contributed by atoms with Crippen LogP contribution in [0.1, 0.15) is 51.5 Å². The lowest BCUT2D eigenvalue weighted by atomic mass is 9.88. The summed E-state index contributed by atoms with van der Waals surface area (Å²) in [6, 6.07) is 28.1. The van der Waals surface area contributed by atoms with Gasteiger partial charge in [0.15, 0.2) is 5.69 Å². The molecule has 4 rings (SSSR count). The average molecular weight is 578 g/mol. The van der Waals surface area contributed by atoms with Crippen LogP contribution in [0.15, 0.2) is 97.2 Å². The van der Waals surface area contributed by atoms with Gasteiger partial charge in [-0.15, -0.1) is 0 Å². The highest BCUT2D eigenvalue weighted by molar-refractivity contribution is 5.92. The number of nitrogens with two attached hydrogens (primary N) is 1. The van der Waals surface area contributed by atoms with Gasteiger partial charge in [0.25, 0.3) is 0 Å². The van der Waals surface area contributed by atoms with Crippen LogP contribution in [0.5, 0.6) is 0 Å².